The zero-order valence-electron chi connectivity index (χ0n) is 11.6. The van der Waals surface area contributed by atoms with E-state index in [1.54, 1.807) is 33.5 Å². The minimum atomic E-state index is -0.194. The van der Waals surface area contributed by atoms with Gasteiger partial charge in [0.2, 0.25) is 0 Å². The lowest BCUT2D eigenvalue weighted by atomic mass is 10.0. The van der Waals surface area contributed by atoms with Crippen molar-refractivity contribution in [2.75, 3.05) is 42.0 Å². The van der Waals surface area contributed by atoms with Gasteiger partial charge in [-0.3, -0.25) is 0 Å². The van der Waals surface area contributed by atoms with Gasteiger partial charge in [0.1, 0.15) is 17.2 Å². The lowest BCUT2D eigenvalue weighted by Crippen LogP contribution is -2.24. The molecule has 0 aliphatic carbocycles. The second-order valence-electron chi connectivity index (χ2n) is 4.11. The van der Waals surface area contributed by atoms with Crippen LogP contribution in [0.25, 0.3) is 0 Å². The third kappa shape index (κ3) is 2.86. The molecule has 0 aliphatic heterocycles. The third-order valence-corrected chi connectivity index (χ3v) is 2.88. The molecule has 1 aromatic rings. The molecule has 5 nitrogen and oxygen atoms in total. The number of methoxy groups -OCH3 is 3. The summed E-state index contributed by atoms with van der Waals surface area (Å²) in [5.41, 5.74) is 0.813. The highest BCUT2D eigenvalue weighted by Gasteiger charge is 2.23. The van der Waals surface area contributed by atoms with Crippen molar-refractivity contribution < 1.29 is 19.3 Å². The molecule has 1 atom stereocenters. The number of ether oxygens (including phenoxy) is 3. The Balaban J connectivity index is 3.38. The zero-order chi connectivity index (χ0) is 13.7. The number of nitrogens with zero attached hydrogens (tertiary/aromatic N) is 1. The normalized spacial score (nSPS) is 12.4. The lowest BCUT2D eigenvalue weighted by molar-refractivity contribution is 0.164. The van der Waals surface area contributed by atoms with Crippen LogP contribution in [-0.2, 0) is 0 Å². The summed E-state index contributed by atoms with van der Waals surface area (Å²) in [6.45, 7) is -0.0218. The van der Waals surface area contributed by atoms with E-state index < -0.39 is 0 Å². The molecule has 0 amide bonds. The molecular weight excluding hydrogens is 234 g/mol. The highest BCUT2D eigenvalue weighted by atomic mass is 16.5. The highest BCUT2D eigenvalue weighted by molar-refractivity contribution is 5.52. The van der Waals surface area contributed by atoms with E-state index in [1.807, 2.05) is 19.0 Å². The quantitative estimate of drug-likeness (QED) is 0.830. The van der Waals surface area contributed by atoms with E-state index in [1.165, 1.54) is 0 Å². The monoisotopic (exact) mass is 255 g/mol. The molecule has 0 aromatic heterocycles. The minimum Gasteiger partial charge on any atom is -0.496 e. The molecule has 0 bridgehead atoms. The Morgan fingerprint density at radius 2 is 1.56 bits per heavy atom. The van der Waals surface area contributed by atoms with Crippen molar-refractivity contribution in [2.45, 2.75) is 6.04 Å². The molecule has 0 fully saturated rings. The summed E-state index contributed by atoms with van der Waals surface area (Å²) in [6.07, 6.45) is 0. The molecule has 0 saturated heterocycles. The average molecular weight is 255 g/mol. The number of benzene rings is 1. The fraction of sp³-hybridized carbons (Fsp3) is 0.538. The van der Waals surface area contributed by atoms with Gasteiger partial charge in [-0.05, 0) is 14.1 Å². The number of hydrogen-bond acceptors (Lipinski definition) is 5. The summed E-state index contributed by atoms with van der Waals surface area (Å²) in [4.78, 5) is 1.91. The molecule has 1 rings (SSSR count). The molecule has 0 spiro atoms. The first kappa shape index (κ1) is 14.6. The Bertz CT molecular complexity index is 368. The number of likely N-dealkylation sites (N-methyl/N-ethyl adjacent to an activating group) is 1. The van der Waals surface area contributed by atoms with Gasteiger partial charge >= 0.3 is 0 Å². The van der Waals surface area contributed by atoms with Crippen LogP contribution in [0.5, 0.6) is 17.2 Å². The van der Waals surface area contributed by atoms with Crippen molar-refractivity contribution in [1.82, 2.24) is 4.90 Å². The number of aliphatic hydroxyl groups is 1. The Labute approximate surface area is 108 Å². The van der Waals surface area contributed by atoms with E-state index in [4.69, 9.17) is 14.2 Å². The van der Waals surface area contributed by atoms with E-state index >= 15 is 0 Å². The maximum absolute atomic E-state index is 9.53. The Morgan fingerprint density at radius 3 is 1.83 bits per heavy atom. The summed E-state index contributed by atoms with van der Waals surface area (Å²) in [6, 6.07) is 3.37. The van der Waals surface area contributed by atoms with E-state index in [-0.39, 0.29) is 12.6 Å². The van der Waals surface area contributed by atoms with E-state index in [2.05, 4.69) is 0 Å². The van der Waals surface area contributed by atoms with Crippen LogP contribution in [-0.4, -0.2) is 52.0 Å². The smallest absolute Gasteiger partial charge is 0.131 e. The second kappa shape index (κ2) is 6.47. The van der Waals surface area contributed by atoms with Crippen LogP contribution in [0.2, 0.25) is 0 Å². The Morgan fingerprint density at radius 1 is 1.06 bits per heavy atom. The third-order valence-electron chi connectivity index (χ3n) is 2.88. The van der Waals surface area contributed by atoms with E-state index in [0.29, 0.717) is 17.2 Å². The van der Waals surface area contributed by atoms with E-state index in [0.717, 1.165) is 5.56 Å². The Hall–Kier alpha value is -1.46. The lowest BCUT2D eigenvalue weighted by Gasteiger charge is -2.26. The van der Waals surface area contributed by atoms with Gasteiger partial charge in [-0.2, -0.15) is 0 Å². The van der Waals surface area contributed by atoms with Crippen molar-refractivity contribution in [1.29, 1.82) is 0 Å². The molecule has 0 saturated carbocycles. The summed E-state index contributed by atoms with van der Waals surface area (Å²) in [5.74, 6) is 1.93. The standard InChI is InChI=1S/C13H21NO4/c1-14(2)10(8-15)13-11(17-4)6-9(16-3)7-12(13)18-5/h6-7,10,15H,8H2,1-5H3. The van der Waals surface area contributed by atoms with Crippen LogP contribution in [0, 0.1) is 0 Å². The van der Waals surface area contributed by atoms with Crippen LogP contribution < -0.4 is 14.2 Å². The highest BCUT2D eigenvalue weighted by Crippen LogP contribution is 2.39. The summed E-state index contributed by atoms with van der Waals surface area (Å²) in [5, 5.41) is 9.53. The van der Waals surface area contributed by atoms with Crippen molar-refractivity contribution in [3.8, 4) is 17.2 Å². The van der Waals surface area contributed by atoms with Crippen LogP contribution >= 0.6 is 0 Å². The predicted molar refractivity (Wildman–Crippen MR) is 69.6 cm³/mol. The zero-order valence-corrected chi connectivity index (χ0v) is 11.6. The maximum Gasteiger partial charge on any atom is 0.131 e. The predicted octanol–water partition coefficient (Wildman–Crippen LogP) is 1.31. The first-order chi connectivity index (χ1) is 8.58. The topological polar surface area (TPSA) is 51.2 Å². The summed E-state index contributed by atoms with van der Waals surface area (Å²) >= 11 is 0. The number of aliphatic hydroxyl groups excluding tert-OH is 1. The molecule has 0 aliphatic rings. The van der Waals surface area contributed by atoms with Gasteiger partial charge in [-0.15, -0.1) is 0 Å². The summed E-state index contributed by atoms with van der Waals surface area (Å²) in [7, 11) is 8.54. The largest absolute Gasteiger partial charge is 0.496 e. The molecule has 1 unspecified atom stereocenters. The molecule has 0 radical (unpaired) electrons. The van der Waals surface area contributed by atoms with Gasteiger partial charge in [0.25, 0.3) is 0 Å². The van der Waals surface area contributed by atoms with Gasteiger partial charge < -0.3 is 24.2 Å². The van der Waals surface area contributed by atoms with E-state index in [9.17, 15) is 5.11 Å². The van der Waals surface area contributed by atoms with Crippen LogP contribution in [0.4, 0.5) is 0 Å². The summed E-state index contributed by atoms with van der Waals surface area (Å²) < 4.78 is 15.9. The molecule has 5 heteroatoms. The Kier molecular flexibility index (Phi) is 5.25. The number of hydrogen-bond donors (Lipinski definition) is 1. The fourth-order valence-electron chi connectivity index (χ4n) is 1.87. The first-order valence-electron chi connectivity index (χ1n) is 5.66. The van der Waals surface area contributed by atoms with Crippen molar-refractivity contribution in [3.63, 3.8) is 0 Å². The van der Waals surface area contributed by atoms with Crippen molar-refractivity contribution in [3.05, 3.63) is 17.7 Å². The van der Waals surface area contributed by atoms with Crippen LogP contribution in [0.15, 0.2) is 12.1 Å². The fourth-order valence-corrected chi connectivity index (χ4v) is 1.87. The molecule has 18 heavy (non-hydrogen) atoms. The first-order valence-corrected chi connectivity index (χ1v) is 5.66. The van der Waals surface area contributed by atoms with Crippen LogP contribution in [0.1, 0.15) is 11.6 Å². The molecule has 0 heterocycles. The number of rotatable bonds is 6. The van der Waals surface area contributed by atoms with Crippen LogP contribution in [0.3, 0.4) is 0 Å². The average Bonchev–Trinajstić information content (AvgIpc) is 2.38. The van der Waals surface area contributed by atoms with Gasteiger partial charge in [0, 0.05) is 12.1 Å². The molecule has 102 valence electrons. The van der Waals surface area contributed by atoms with Crippen molar-refractivity contribution in [2.24, 2.45) is 0 Å². The molecule has 1 aromatic carbocycles. The molecule has 1 N–H and O–H groups in total. The van der Waals surface area contributed by atoms with Gasteiger partial charge in [0.05, 0.1) is 39.5 Å². The van der Waals surface area contributed by atoms with Crippen molar-refractivity contribution >= 4 is 0 Å². The maximum atomic E-state index is 9.53. The second-order valence-corrected chi connectivity index (χ2v) is 4.11. The van der Waals surface area contributed by atoms with Gasteiger partial charge in [-0.25, -0.2) is 0 Å². The van der Waals surface area contributed by atoms with Gasteiger partial charge in [-0.1, -0.05) is 0 Å². The SMILES string of the molecule is COc1cc(OC)c(C(CO)N(C)C)c(OC)c1. The van der Waals surface area contributed by atoms with Gasteiger partial charge in [0.15, 0.2) is 0 Å². The molecular formula is C13H21NO4. The minimum absolute atomic E-state index is 0.0218.